The molecule has 0 spiro atoms. The Hall–Kier alpha value is -1.83. The summed E-state index contributed by atoms with van der Waals surface area (Å²) in [6.07, 6.45) is -4.80. The van der Waals surface area contributed by atoms with Gasteiger partial charge in [-0.1, -0.05) is 6.07 Å². The largest absolute Gasteiger partial charge is 0.471 e. The summed E-state index contributed by atoms with van der Waals surface area (Å²) in [5, 5.41) is 12.2. The van der Waals surface area contributed by atoms with Crippen molar-refractivity contribution in [2.75, 3.05) is 11.2 Å². The van der Waals surface area contributed by atoms with Crippen LogP contribution >= 0.6 is 11.6 Å². The summed E-state index contributed by atoms with van der Waals surface area (Å²) in [6, 6.07) is 3.49. The van der Waals surface area contributed by atoms with Gasteiger partial charge in [-0.25, -0.2) is 0 Å². The van der Waals surface area contributed by atoms with Crippen LogP contribution in [0.4, 0.5) is 24.5 Å². The monoisotopic (exact) mass is 296 g/mol. The number of amides is 1. The molecular weight excluding hydrogens is 289 g/mol. The van der Waals surface area contributed by atoms with Crippen molar-refractivity contribution in [3.8, 4) is 0 Å². The van der Waals surface area contributed by atoms with E-state index in [1.54, 1.807) is 0 Å². The first-order chi connectivity index (χ1) is 8.75. The van der Waals surface area contributed by atoms with E-state index in [0.717, 1.165) is 12.1 Å². The first kappa shape index (κ1) is 15.2. The SMILES string of the molecule is O=C(Nc1cc(CCCl)ccc1[N+](=O)[O-])C(F)(F)F. The van der Waals surface area contributed by atoms with Gasteiger partial charge < -0.3 is 5.32 Å². The molecule has 1 amide bonds. The van der Waals surface area contributed by atoms with Gasteiger partial charge in [0.15, 0.2) is 0 Å². The Balaban J connectivity index is 3.11. The number of hydrogen-bond donors (Lipinski definition) is 1. The molecule has 0 radical (unpaired) electrons. The number of nitrogens with one attached hydrogen (secondary N) is 1. The zero-order valence-electron chi connectivity index (χ0n) is 9.33. The highest BCUT2D eigenvalue weighted by Crippen LogP contribution is 2.28. The van der Waals surface area contributed by atoms with Crippen molar-refractivity contribution >= 4 is 28.9 Å². The molecule has 0 atom stereocenters. The highest BCUT2D eigenvalue weighted by atomic mass is 35.5. The number of halogens is 4. The topological polar surface area (TPSA) is 72.2 Å². The summed E-state index contributed by atoms with van der Waals surface area (Å²) < 4.78 is 36.3. The van der Waals surface area contributed by atoms with Crippen LogP contribution in [-0.2, 0) is 11.2 Å². The van der Waals surface area contributed by atoms with E-state index in [9.17, 15) is 28.1 Å². The molecule has 0 aliphatic rings. The molecule has 1 rings (SSSR count). The molecule has 5 nitrogen and oxygen atoms in total. The fraction of sp³-hybridized carbons (Fsp3) is 0.300. The summed E-state index contributed by atoms with van der Waals surface area (Å²) in [4.78, 5) is 20.6. The second-order valence-electron chi connectivity index (χ2n) is 3.50. The number of carbonyl (C=O) groups excluding carboxylic acids is 1. The van der Waals surface area contributed by atoms with Gasteiger partial charge in [0, 0.05) is 11.9 Å². The Kier molecular flexibility index (Phi) is 4.71. The third-order valence-corrected chi connectivity index (χ3v) is 2.34. The van der Waals surface area contributed by atoms with Gasteiger partial charge in [0.05, 0.1) is 4.92 Å². The van der Waals surface area contributed by atoms with Crippen LogP contribution in [0.1, 0.15) is 5.56 Å². The molecule has 104 valence electrons. The van der Waals surface area contributed by atoms with E-state index in [0.29, 0.717) is 12.0 Å². The van der Waals surface area contributed by atoms with E-state index in [2.05, 4.69) is 0 Å². The van der Waals surface area contributed by atoms with Crippen LogP contribution in [0.3, 0.4) is 0 Å². The summed E-state index contributed by atoms with van der Waals surface area (Å²) in [5.74, 6) is -2.07. The third kappa shape index (κ3) is 4.09. The van der Waals surface area contributed by atoms with Crippen LogP contribution in [-0.4, -0.2) is 22.9 Å². The first-order valence-corrected chi connectivity index (χ1v) is 5.50. The molecule has 0 heterocycles. The van der Waals surface area contributed by atoms with E-state index < -0.39 is 28.4 Å². The summed E-state index contributed by atoms with van der Waals surface area (Å²) in [7, 11) is 0. The zero-order chi connectivity index (χ0) is 14.6. The summed E-state index contributed by atoms with van der Waals surface area (Å²) >= 11 is 5.47. The van der Waals surface area contributed by atoms with Crippen LogP contribution in [0.25, 0.3) is 0 Å². The number of nitrogens with zero attached hydrogens (tertiary/aromatic N) is 1. The van der Waals surface area contributed by atoms with Crippen LogP contribution in [0.15, 0.2) is 18.2 Å². The molecule has 0 fully saturated rings. The molecule has 0 aromatic heterocycles. The molecule has 0 aliphatic carbocycles. The molecule has 0 saturated heterocycles. The molecule has 1 aromatic carbocycles. The second kappa shape index (κ2) is 5.87. The van der Waals surface area contributed by atoms with Gasteiger partial charge >= 0.3 is 12.1 Å². The van der Waals surface area contributed by atoms with Gasteiger partial charge in [-0.2, -0.15) is 13.2 Å². The molecule has 1 aromatic rings. The smallest absolute Gasteiger partial charge is 0.312 e. The van der Waals surface area contributed by atoms with E-state index >= 15 is 0 Å². The Morgan fingerprint density at radius 1 is 1.42 bits per heavy atom. The minimum Gasteiger partial charge on any atom is -0.312 e. The maximum absolute atomic E-state index is 12.1. The lowest BCUT2D eigenvalue weighted by Gasteiger charge is -2.09. The highest BCUT2D eigenvalue weighted by molar-refractivity contribution is 6.18. The van der Waals surface area contributed by atoms with Crippen LogP contribution in [0, 0.1) is 10.1 Å². The number of hydrogen-bond acceptors (Lipinski definition) is 3. The van der Waals surface area contributed by atoms with Crippen molar-refractivity contribution in [2.24, 2.45) is 0 Å². The van der Waals surface area contributed by atoms with E-state index in [1.165, 1.54) is 11.4 Å². The zero-order valence-corrected chi connectivity index (χ0v) is 10.1. The molecule has 0 unspecified atom stereocenters. The van der Waals surface area contributed by atoms with Gasteiger partial charge in [0.25, 0.3) is 5.69 Å². The van der Waals surface area contributed by atoms with Crippen molar-refractivity contribution in [2.45, 2.75) is 12.6 Å². The first-order valence-electron chi connectivity index (χ1n) is 4.97. The van der Waals surface area contributed by atoms with Crippen LogP contribution < -0.4 is 5.32 Å². The molecule has 0 aliphatic heterocycles. The fourth-order valence-electron chi connectivity index (χ4n) is 1.30. The predicted molar refractivity (Wildman–Crippen MR) is 62.2 cm³/mol. The highest BCUT2D eigenvalue weighted by Gasteiger charge is 2.39. The number of carbonyl (C=O) groups is 1. The van der Waals surface area contributed by atoms with Crippen LogP contribution in [0.2, 0.25) is 0 Å². The molecule has 0 saturated carbocycles. The quantitative estimate of drug-likeness (QED) is 0.527. The fourth-order valence-corrected chi connectivity index (χ4v) is 1.52. The summed E-state index contributed by atoms with van der Waals surface area (Å²) in [6.45, 7) is 0. The average molecular weight is 297 g/mol. The van der Waals surface area contributed by atoms with E-state index in [4.69, 9.17) is 11.6 Å². The Morgan fingerprint density at radius 3 is 2.53 bits per heavy atom. The van der Waals surface area contributed by atoms with Gasteiger partial charge in [0.1, 0.15) is 5.69 Å². The van der Waals surface area contributed by atoms with Crippen molar-refractivity contribution < 1.29 is 22.9 Å². The van der Waals surface area contributed by atoms with Crippen molar-refractivity contribution in [1.82, 2.24) is 0 Å². The van der Waals surface area contributed by atoms with Gasteiger partial charge in [0.2, 0.25) is 0 Å². The molecular formula is C10H8ClF3N2O3. The van der Waals surface area contributed by atoms with E-state index in [-0.39, 0.29) is 5.88 Å². The number of alkyl halides is 4. The average Bonchev–Trinajstić information content (AvgIpc) is 2.28. The maximum atomic E-state index is 12.1. The van der Waals surface area contributed by atoms with E-state index in [1.807, 2.05) is 0 Å². The summed E-state index contributed by atoms with van der Waals surface area (Å²) in [5.41, 5.74) is -0.635. The molecule has 19 heavy (non-hydrogen) atoms. The van der Waals surface area contributed by atoms with Crippen molar-refractivity contribution in [1.29, 1.82) is 0 Å². The standard InChI is InChI=1S/C10H8ClF3N2O3/c11-4-3-6-1-2-8(16(18)19)7(5-6)15-9(17)10(12,13)14/h1-2,5H,3-4H2,(H,15,17). The molecule has 9 heteroatoms. The number of aryl methyl sites for hydroxylation is 1. The van der Waals surface area contributed by atoms with Crippen molar-refractivity contribution in [3.05, 3.63) is 33.9 Å². The number of nitro benzene ring substituents is 1. The number of nitro groups is 1. The lowest BCUT2D eigenvalue weighted by atomic mass is 10.1. The van der Waals surface area contributed by atoms with Gasteiger partial charge in [-0.3, -0.25) is 14.9 Å². The molecule has 1 N–H and O–H groups in total. The van der Waals surface area contributed by atoms with Gasteiger partial charge in [-0.15, -0.1) is 11.6 Å². The lowest BCUT2D eigenvalue weighted by Crippen LogP contribution is -2.30. The Bertz CT molecular complexity index is 505. The van der Waals surface area contributed by atoms with Gasteiger partial charge in [-0.05, 0) is 18.1 Å². The Morgan fingerprint density at radius 2 is 2.05 bits per heavy atom. The lowest BCUT2D eigenvalue weighted by molar-refractivity contribution is -0.384. The minimum atomic E-state index is -5.11. The van der Waals surface area contributed by atoms with Crippen LogP contribution in [0.5, 0.6) is 0 Å². The second-order valence-corrected chi connectivity index (χ2v) is 3.88. The maximum Gasteiger partial charge on any atom is 0.471 e. The number of rotatable bonds is 4. The minimum absolute atomic E-state index is 0.199. The third-order valence-electron chi connectivity index (χ3n) is 2.15. The number of benzene rings is 1. The normalized spacial score (nSPS) is 11.2. The molecule has 0 bridgehead atoms. The predicted octanol–water partition coefficient (Wildman–Crippen LogP) is 2.88. The Labute approximate surface area is 110 Å². The number of anilines is 1. The van der Waals surface area contributed by atoms with Crippen molar-refractivity contribution in [3.63, 3.8) is 0 Å².